The van der Waals surface area contributed by atoms with Crippen molar-refractivity contribution in [3.8, 4) is 6.07 Å². The quantitative estimate of drug-likeness (QED) is 0.702. The van der Waals surface area contributed by atoms with E-state index in [9.17, 15) is 4.39 Å². The van der Waals surface area contributed by atoms with Gasteiger partial charge in [-0.25, -0.2) is 4.39 Å². The van der Waals surface area contributed by atoms with Crippen LogP contribution >= 0.6 is 11.6 Å². The number of allylic oxidation sites excluding steroid dienone is 1. The highest BCUT2D eigenvalue weighted by molar-refractivity contribution is 6.19. The fraction of sp³-hybridized carbons (Fsp3) is 0.182. The minimum Gasteiger partial charge on any atom is -0.207 e. The van der Waals surface area contributed by atoms with Gasteiger partial charge in [-0.1, -0.05) is 18.2 Å². The second-order valence-corrected chi connectivity index (χ2v) is 3.05. The van der Waals surface area contributed by atoms with E-state index in [0.29, 0.717) is 11.4 Å². The summed E-state index contributed by atoms with van der Waals surface area (Å²) in [5.41, 5.74) is 1.28. The number of nitriles is 1. The Balaban J connectivity index is 2.95. The summed E-state index contributed by atoms with van der Waals surface area (Å²) >= 11 is 5.47. The first-order valence-corrected chi connectivity index (χ1v) is 4.69. The Bertz CT molecular complexity index is 379. The first-order valence-electron chi connectivity index (χ1n) is 4.16. The zero-order valence-electron chi connectivity index (χ0n) is 7.50. The lowest BCUT2D eigenvalue weighted by Gasteiger charge is -1.99. The molecule has 0 aliphatic rings. The molecule has 1 rings (SSSR count). The predicted octanol–water partition coefficient (Wildman–Crippen LogP) is 3.14. The molecule has 0 bridgehead atoms. The predicted molar refractivity (Wildman–Crippen MR) is 55.5 cm³/mol. The number of benzene rings is 1. The largest absolute Gasteiger partial charge is 0.207 e. The molecular weight excluding hydrogens is 201 g/mol. The molecule has 0 amide bonds. The summed E-state index contributed by atoms with van der Waals surface area (Å²) in [6, 6.07) is 6.59. The van der Waals surface area contributed by atoms with Gasteiger partial charge in [0.15, 0.2) is 0 Å². The Hall–Kier alpha value is -1.33. The Morgan fingerprint density at radius 2 is 2.29 bits per heavy atom. The van der Waals surface area contributed by atoms with Gasteiger partial charge in [0.1, 0.15) is 5.82 Å². The SMILES string of the molecule is N#CCc1cc(C=CCCl)ccc1F. The molecule has 0 atom stereocenters. The number of alkyl halides is 1. The second kappa shape index (κ2) is 5.41. The van der Waals surface area contributed by atoms with Crippen LogP contribution in [0.15, 0.2) is 24.3 Å². The maximum atomic E-state index is 13.1. The van der Waals surface area contributed by atoms with Crippen molar-refractivity contribution in [3.63, 3.8) is 0 Å². The molecule has 0 saturated heterocycles. The number of hydrogen-bond donors (Lipinski definition) is 0. The smallest absolute Gasteiger partial charge is 0.127 e. The molecular formula is C11H9ClFN. The van der Waals surface area contributed by atoms with E-state index >= 15 is 0 Å². The number of hydrogen-bond acceptors (Lipinski definition) is 1. The maximum Gasteiger partial charge on any atom is 0.127 e. The fourth-order valence-corrected chi connectivity index (χ4v) is 1.19. The van der Waals surface area contributed by atoms with E-state index in [1.807, 2.05) is 6.07 Å². The molecule has 0 N–H and O–H groups in total. The van der Waals surface area contributed by atoms with Crippen molar-refractivity contribution in [2.45, 2.75) is 6.42 Å². The molecule has 0 heterocycles. The molecule has 0 spiro atoms. The highest BCUT2D eigenvalue weighted by atomic mass is 35.5. The lowest BCUT2D eigenvalue weighted by atomic mass is 10.1. The topological polar surface area (TPSA) is 23.8 Å². The van der Waals surface area contributed by atoms with Crippen molar-refractivity contribution in [1.82, 2.24) is 0 Å². The highest BCUT2D eigenvalue weighted by Gasteiger charge is 2.01. The van der Waals surface area contributed by atoms with E-state index in [1.54, 1.807) is 24.3 Å². The standard InChI is InChI=1S/C11H9ClFN/c12-6-1-2-9-3-4-11(13)10(8-9)5-7-14/h1-4,8H,5-6H2. The van der Waals surface area contributed by atoms with Crippen LogP contribution in [-0.4, -0.2) is 5.88 Å². The Labute approximate surface area is 87.4 Å². The zero-order chi connectivity index (χ0) is 10.4. The van der Waals surface area contributed by atoms with Crippen molar-refractivity contribution < 1.29 is 4.39 Å². The van der Waals surface area contributed by atoms with Crippen molar-refractivity contribution in [2.75, 3.05) is 5.88 Å². The van der Waals surface area contributed by atoms with Crippen LogP contribution in [0.2, 0.25) is 0 Å². The average molecular weight is 210 g/mol. The summed E-state index contributed by atoms with van der Waals surface area (Å²) in [4.78, 5) is 0. The molecule has 1 nitrogen and oxygen atoms in total. The third kappa shape index (κ3) is 2.86. The van der Waals surface area contributed by atoms with Gasteiger partial charge >= 0.3 is 0 Å². The molecule has 0 saturated carbocycles. The van der Waals surface area contributed by atoms with Gasteiger partial charge in [-0.3, -0.25) is 0 Å². The number of halogens is 2. The van der Waals surface area contributed by atoms with Gasteiger partial charge in [0.25, 0.3) is 0 Å². The summed E-state index contributed by atoms with van der Waals surface area (Å²) in [7, 11) is 0. The summed E-state index contributed by atoms with van der Waals surface area (Å²) in [5, 5.41) is 8.46. The van der Waals surface area contributed by atoms with Gasteiger partial charge in [0.05, 0.1) is 12.5 Å². The van der Waals surface area contributed by atoms with Crippen LogP contribution in [0.4, 0.5) is 4.39 Å². The summed E-state index contributed by atoms with van der Waals surface area (Å²) in [5.74, 6) is 0.0832. The highest BCUT2D eigenvalue weighted by Crippen LogP contribution is 2.12. The van der Waals surface area contributed by atoms with Crippen LogP contribution in [0, 0.1) is 17.1 Å². The molecule has 0 aromatic heterocycles. The van der Waals surface area contributed by atoms with Crippen LogP contribution in [0.25, 0.3) is 6.08 Å². The van der Waals surface area contributed by atoms with E-state index in [4.69, 9.17) is 16.9 Å². The second-order valence-electron chi connectivity index (χ2n) is 2.74. The Morgan fingerprint density at radius 1 is 1.50 bits per heavy atom. The molecule has 0 aliphatic heterocycles. The summed E-state index contributed by atoms with van der Waals surface area (Å²) in [6.45, 7) is 0. The lowest BCUT2D eigenvalue weighted by molar-refractivity contribution is 0.615. The Kier molecular flexibility index (Phi) is 4.15. The average Bonchev–Trinajstić information content (AvgIpc) is 2.19. The number of rotatable bonds is 3. The van der Waals surface area contributed by atoms with E-state index in [0.717, 1.165) is 5.56 Å². The van der Waals surface area contributed by atoms with Gasteiger partial charge in [-0.2, -0.15) is 5.26 Å². The number of nitrogens with zero attached hydrogens (tertiary/aromatic N) is 1. The van der Waals surface area contributed by atoms with Crippen LogP contribution in [-0.2, 0) is 6.42 Å². The molecule has 1 aromatic carbocycles. The Morgan fingerprint density at radius 3 is 2.93 bits per heavy atom. The minimum atomic E-state index is -0.338. The van der Waals surface area contributed by atoms with Crippen molar-refractivity contribution in [2.24, 2.45) is 0 Å². The monoisotopic (exact) mass is 209 g/mol. The third-order valence-corrected chi connectivity index (χ3v) is 1.92. The van der Waals surface area contributed by atoms with Crippen LogP contribution in [0.5, 0.6) is 0 Å². The van der Waals surface area contributed by atoms with Gasteiger partial charge in [0, 0.05) is 11.4 Å². The van der Waals surface area contributed by atoms with Gasteiger partial charge in [-0.05, 0) is 17.7 Å². The molecule has 0 aliphatic carbocycles. The van der Waals surface area contributed by atoms with Gasteiger partial charge in [0.2, 0.25) is 0 Å². The molecule has 3 heteroatoms. The molecule has 14 heavy (non-hydrogen) atoms. The fourth-order valence-electron chi connectivity index (χ4n) is 1.10. The van der Waals surface area contributed by atoms with E-state index in [1.165, 1.54) is 6.07 Å². The van der Waals surface area contributed by atoms with Gasteiger partial charge < -0.3 is 0 Å². The third-order valence-electron chi connectivity index (χ3n) is 1.74. The van der Waals surface area contributed by atoms with Gasteiger partial charge in [-0.15, -0.1) is 11.6 Å². The van der Waals surface area contributed by atoms with Crippen LogP contribution < -0.4 is 0 Å². The van der Waals surface area contributed by atoms with E-state index < -0.39 is 0 Å². The van der Waals surface area contributed by atoms with E-state index in [-0.39, 0.29) is 12.2 Å². The van der Waals surface area contributed by atoms with Crippen LogP contribution in [0.3, 0.4) is 0 Å². The maximum absolute atomic E-state index is 13.1. The lowest BCUT2D eigenvalue weighted by Crippen LogP contribution is -1.89. The summed E-state index contributed by atoms with van der Waals surface area (Å²) < 4.78 is 13.1. The molecule has 0 radical (unpaired) electrons. The molecule has 0 unspecified atom stereocenters. The molecule has 0 fully saturated rings. The molecule has 1 aromatic rings. The minimum absolute atomic E-state index is 0.0917. The van der Waals surface area contributed by atoms with Crippen molar-refractivity contribution in [1.29, 1.82) is 5.26 Å². The molecule has 72 valence electrons. The van der Waals surface area contributed by atoms with Crippen LogP contribution in [0.1, 0.15) is 11.1 Å². The van der Waals surface area contributed by atoms with Crippen molar-refractivity contribution >= 4 is 17.7 Å². The van der Waals surface area contributed by atoms with E-state index in [2.05, 4.69) is 0 Å². The van der Waals surface area contributed by atoms with Crippen molar-refractivity contribution in [3.05, 3.63) is 41.2 Å². The zero-order valence-corrected chi connectivity index (χ0v) is 8.26. The first-order chi connectivity index (χ1) is 6.77. The first kappa shape index (κ1) is 10.7. The normalized spacial score (nSPS) is 10.4. The summed E-state index contributed by atoms with van der Waals surface area (Å²) in [6.07, 6.45) is 3.66.